The Labute approximate surface area is 224 Å². The monoisotopic (exact) mass is 491 g/mol. The number of benzene rings is 4. The van der Waals surface area contributed by atoms with Crippen molar-refractivity contribution in [1.29, 1.82) is 0 Å². The van der Waals surface area contributed by atoms with Crippen molar-refractivity contribution in [2.24, 2.45) is 23.7 Å². The van der Waals surface area contributed by atoms with E-state index < -0.39 is 0 Å². The molecule has 1 nitrogen and oxygen atoms in total. The van der Waals surface area contributed by atoms with Crippen molar-refractivity contribution in [1.82, 2.24) is 4.57 Å². The van der Waals surface area contributed by atoms with Crippen molar-refractivity contribution in [3.8, 4) is 16.8 Å². The molecular weight excluding hydrogens is 458 g/mol. The molecule has 0 radical (unpaired) electrons. The van der Waals surface area contributed by atoms with Crippen LogP contribution in [0.25, 0.3) is 38.6 Å². The maximum absolute atomic E-state index is 2.74. The Morgan fingerprint density at radius 3 is 2.37 bits per heavy atom. The van der Waals surface area contributed by atoms with Crippen LogP contribution in [0.3, 0.4) is 0 Å². The molecular formula is C37H33N. The Morgan fingerprint density at radius 2 is 1.55 bits per heavy atom. The van der Waals surface area contributed by atoms with Crippen LogP contribution in [0, 0.1) is 23.7 Å². The summed E-state index contributed by atoms with van der Waals surface area (Å²) < 4.78 is 2.74. The van der Waals surface area contributed by atoms with E-state index in [0.29, 0.717) is 0 Å². The van der Waals surface area contributed by atoms with Crippen LogP contribution >= 0.6 is 0 Å². The molecule has 1 heteroatoms. The van der Waals surface area contributed by atoms with E-state index in [4.69, 9.17) is 0 Å². The van der Waals surface area contributed by atoms with E-state index in [-0.39, 0.29) is 5.41 Å². The SMILES string of the molecule is CCc1ccc2c3cccc4c3n(c2c1)-c1c(ccc2c1-c1ccccc1C2)C41C2CC3CC(C2)CC1C3. The van der Waals surface area contributed by atoms with Gasteiger partial charge in [-0.15, -0.1) is 0 Å². The van der Waals surface area contributed by atoms with E-state index >= 15 is 0 Å². The van der Waals surface area contributed by atoms with Gasteiger partial charge in [-0.25, -0.2) is 0 Å². The fourth-order valence-electron chi connectivity index (χ4n) is 10.6. The Bertz CT molecular complexity index is 1820. The first-order chi connectivity index (χ1) is 18.8. The van der Waals surface area contributed by atoms with Gasteiger partial charge in [-0.1, -0.05) is 73.7 Å². The Balaban J connectivity index is 1.43. The van der Waals surface area contributed by atoms with Gasteiger partial charge in [0.05, 0.1) is 16.7 Å². The first-order valence-electron chi connectivity index (χ1n) is 15.1. The van der Waals surface area contributed by atoms with Gasteiger partial charge in [0.25, 0.3) is 0 Å². The zero-order valence-electron chi connectivity index (χ0n) is 22.1. The normalized spacial score (nSPS) is 29.3. The zero-order valence-corrected chi connectivity index (χ0v) is 22.1. The van der Waals surface area contributed by atoms with Crippen LogP contribution in [-0.4, -0.2) is 4.57 Å². The van der Waals surface area contributed by atoms with Gasteiger partial charge in [-0.3, -0.25) is 0 Å². The molecule has 5 aliphatic carbocycles. The standard InChI is InChI=1S/C37H33N/c1-2-21-10-12-29-30-8-5-9-31-35(30)38(33(29)19-21)36-32(13-11-25-20-24-6-3-4-7-28(24)34(25)36)37(31)26-15-22-14-23(17-26)18-27(37)16-22/h3-13,19,22-23,26-27H,2,14-18,20H2,1H3. The van der Waals surface area contributed by atoms with E-state index in [1.807, 2.05) is 0 Å². The highest BCUT2D eigenvalue weighted by atomic mass is 15.0. The predicted octanol–water partition coefficient (Wildman–Crippen LogP) is 8.97. The van der Waals surface area contributed by atoms with Crippen molar-refractivity contribution >= 4 is 21.8 Å². The van der Waals surface area contributed by atoms with Gasteiger partial charge in [-0.2, -0.15) is 0 Å². The second-order valence-electron chi connectivity index (χ2n) is 13.2. The largest absolute Gasteiger partial charge is 0.308 e. The van der Waals surface area contributed by atoms with Gasteiger partial charge in [0, 0.05) is 21.8 Å². The summed E-state index contributed by atoms with van der Waals surface area (Å²) in [6, 6.07) is 29.0. The first kappa shape index (κ1) is 20.6. The summed E-state index contributed by atoms with van der Waals surface area (Å²) in [5, 5.41) is 2.89. The molecule has 0 atom stereocenters. The Kier molecular flexibility index (Phi) is 3.69. The molecule has 6 aliphatic rings. The molecule has 0 unspecified atom stereocenters. The lowest BCUT2D eigenvalue weighted by Gasteiger charge is -2.63. The third-order valence-corrected chi connectivity index (χ3v) is 11.7. The van der Waals surface area contributed by atoms with E-state index in [0.717, 1.165) is 36.5 Å². The molecule has 0 saturated heterocycles. The average Bonchev–Trinajstić information content (AvgIpc) is 3.49. The van der Waals surface area contributed by atoms with E-state index in [1.54, 1.807) is 11.1 Å². The van der Waals surface area contributed by atoms with Crippen LogP contribution < -0.4 is 0 Å². The second kappa shape index (κ2) is 6.81. The second-order valence-corrected chi connectivity index (χ2v) is 13.2. The van der Waals surface area contributed by atoms with Crippen molar-refractivity contribution in [3.05, 3.63) is 101 Å². The number of hydrogen-bond acceptors (Lipinski definition) is 0. The molecule has 1 aromatic heterocycles. The number of para-hydroxylation sites is 1. The molecule has 4 bridgehead atoms. The average molecular weight is 492 g/mol. The van der Waals surface area contributed by atoms with Gasteiger partial charge in [0.1, 0.15) is 0 Å². The highest BCUT2D eigenvalue weighted by Crippen LogP contribution is 2.68. The molecule has 38 heavy (non-hydrogen) atoms. The van der Waals surface area contributed by atoms with Gasteiger partial charge >= 0.3 is 0 Å². The molecule has 1 aliphatic heterocycles. The van der Waals surface area contributed by atoms with Crippen LogP contribution in [0.15, 0.2) is 72.8 Å². The lowest BCUT2D eigenvalue weighted by Crippen LogP contribution is -2.57. The Morgan fingerprint density at radius 1 is 0.737 bits per heavy atom. The molecule has 4 aromatic carbocycles. The van der Waals surface area contributed by atoms with Crippen LogP contribution in [-0.2, 0) is 18.3 Å². The van der Waals surface area contributed by atoms with Crippen molar-refractivity contribution < 1.29 is 0 Å². The molecule has 5 aromatic rings. The van der Waals surface area contributed by atoms with Crippen LogP contribution in [0.4, 0.5) is 0 Å². The fourth-order valence-corrected chi connectivity index (χ4v) is 10.6. The number of aromatic nitrogens is 1. The molecule has 4 fully saturated rings. The molecule has 4 saturated carbocycles. The molecule has 2 heterocycles. The van der Waals surface area contributed by atoms with Crippen molar-refractivity contribution in [3.63, 3.8) is 0 Å². The third-order valence-electron chi connectivity index (χ3n) is 11.7. The van der Waals surface area contributed by atoms with Crippen molar-refractivity contribution in [2.75, 3.05) is 0 Å². The van der Waals surface area contributed by atoms with Crippen LogP contribution in [0.5, 0.6) is 0 Å². The minimum atomic E-state index is 0.160. The highest BCUT2D eigenvalue weighted by Gasteiger charge is 2.61. The summed E-state index contributed by atoms with van der Waals surface area (Å²) in [6.07, 6.45) is 9.34. The molecule has 1 spiro atoms. The summed E-state index contributed by atoms with van der Waals surface area (Å²) >= 11 is 0. The molecule has 186 valence electrons. The van der Waals surface area contributed by atoms with Gasteiger partial charge in [0.2, 0.25) is 0 Å². The number of hydrogen-bond donors (Lipinski definition) is 0. The van der Waals surface area contributed by atoms with Crippen LogP contribution in [0.2, 0.25) is 0 Å². The van der Waals surface area contributed by atoms with Crippen LogP contribution in [0.1, 0.15) is 66.8 Å². The lowest BCUT2D eigenvalue weighted by atomic mass is 9.41. The number of fused-ring (bicyclic) bond motifs is 9. The van der Waals surface area contributed by atoms with E-state index in [9.17, 15) is 0 Å². The smallest absolute Gasteiger partial charge is 0.0584 e. The fraction of sp³-hybridized carbons (Fsp3) is 0.351. The Hall–Kier alpha value is -3.32. The van der Waals surface area contributed by atoms with Gasteiger partial charge in [-0.05, 0) is 108 Å². The summed E-state index contributed by atoms with van der Waals surface area (Å²) in [5.41, 5.74) is 15.4. The topological polar surface area (TPSA) is 4.93 Å². The molecule has 0 amide bonds. The summed E-state index contributed by atoms with van der Waals surface area (Å²) in [6.45, 7) is 2.29. The maximum Gasteiger partial charge on any atom is 0.0584 e. The minimum absolute atomic E-state index is 0.160. The number of nitrogens with zero attached hydrogens (tertiary/aromatic N) is 1. The van der Waals surface area contributed by atoms with Crippen molar-refractivity contribution in [2.45, 2.75) is 57.3 Å². The van der Waals surface area contributed by atoms with Gasteiger partial charge in [0.15, 0.2) is 0 Å². The summed E-state index contributed by atoms with van der Waals surface area (Å²) in [4.78, 5) is 0. The minimum Gasteiger partial charge on any atom is -0.308 e. The number of rotatable bonds is 1. The molecule has 11 rings (SSSR count). The maximum atomic E-state index is 2.74. The van der Waals surface area contributed by atoms with E-state index in [2.05, 4.69) is 84.3 Å². The first-order valence-corrected chi connectivity index (χ1v) is 15.1. The molecule has 0 N–H and O–H groups in total. The lowest BCUT2D eigenvalue weighted by molar-refractivity contribution is -0.0418. The van der Waals surface area contributed by atoms with Gasteiger partial charge < -0.3 is 4.57 Å². The predicted molar refractivity (Wildman–Crippen MR) is 156 cm³/mol. The third kappa shape index (κ3) is 2.22. The number of aryl methyl sites for hydroxylation is 1. The summed E-state index contributed by atoms with van der Waals surface area (Å²) in [7, 11) is 0. The quantitative estimate of drug-likeness (QED) is 0.216. The highest BCUT2D eigenvalue weighted by molar-refractivity contribution is 6.13. The van der Waals surface area contributed by atoms with E-state index in [1.165, 1.54) is 87.4 Å². The zero-order chi connectivity index (χ0) is 24.7. The summed E-state index contributed by atoms with van der Waals surface area (Å²) in [5.74, 6) is 3.47.